The number of hydrogen-bond acceptors (Lipinski definition) is 4. The van der Waals surface area contributed by atoms with Crippen molar-refractivity contribution in [3.63, 3.8) is 0 Å². The van der Waals surface area contributed by atoms with Crippen molar-refractivity contribution in [2.24, 2.45) is 0 Å². The summed E-state index contributed by atoms with van der Waals surface area (Å²) in [5.74, 6) is -0.316. The lowest BCUT2D eigenvalue weighted by atomic mass is 9.80. The summed E-state index contributed by atoms with van der Waals surface area (Å²) in [6.45, 7) is 7.41. The summed E-state index contributed by atoms with van der Waals surface area (Å²) in [5, 5.41) is 18.6. The Morgan fingerprint density at radius 1 is 0.964 bits per heavy atom. The Morgan fingerprint density at radius 2 is 1.57 bits per heavy atom. The molecule has 0 saturated carbocycles. The number of unbranched alkanes of at least 4 members (excludes halogenated alkanes) is 2. The molecule has 5 heteroatoms. The average molecular weight is 386 g/mol. The number of ether oxygens (including phenoxy) is 2. The van der Waals surface area contributed by atoms with Gasteiger partial charge in [-0.05, 0) is 41.7 Å². The van der Waals surface area contributed by atoms with Crippen molar-refractivity contribution >= 4 is 5.97 Å². The Hall–Kier alpha value is -2.69. The first-order chi connectivity index (χ1) is 13.3. The van der Waals surface area contributed by atoms with Crippen LogP contribution in [-0.2, 0) is 5.41 Å². The molecule has 152 valence electrons. The highest BCUT2D eigenvalue weighted by Gasteiger charge is 2.19. The highest BCUT2D eigenvalue weighted by atomic mass is 16.5. The first-order valence-electron chi connectivity index (χ1n) is 9.76. The maximum absolute atomic E-state index is 10.9. The quantitative estimate of drug-likeness (QED) is 0.505. The minimum atomic E-state index is -1.18. The summed E-state index contributed by atoms with van der Waals surface area (Å²) in [7, 11) is 0. The molecule has 0 aliphatic carbocycles. The first-order valence-corrected chi connectivity index (χ1v) is 9.76. The van der Waals surface area contributed by atoms with Gasteiger partial charge < -0.3 is 19.7 Å². The van der Waals surface area contributed by atoms with Crippen LogP contribution in [0.5, 0.6) is 17.2 Å². The molecule has 2 rings (SSSR count). The van der Waals surface area contributed by atoms with Crippen molar-refractivity contribution in [3.05, 3.63) is 53.6 Å². The number of aromatic carboxylic acids is 1. The molecule has 0 unspecified atom stereocenters. The molecular formula is C23H30O5. The molecular weight excluding hydrogens is 356 g/mol. The summed E-state index contributed by atoms with van der Waals surface area (Å²) in [4.78, 5) is 10.9. The van der Waals surface area contributed by atoms with Gasteiger partial charge >= 0.3 is 5.97 Å². The molecule has 0 atom stereocenters. The zero-order valence-electron chi connectivity index (χ0n) is 16.9. The topological polar surface area (TPSA) is 76.0 Å². The summed E-state index contributed by atoms with van der Waals surface area (Å²) >= 11 is 0. The third kappa shape index (κ3) is 6.19. The lowest BCUT2D eigenvalue weighted by molar-refractivity contribution is 0.0693. The van der Waals surface area contributed by atoms with Crippen LogP contribution in [0.25, 0.3) is 0 Å². The molecule has 0 radical (unpaired) electrons. The van der Waals surface area contributed by atoms with Crippen LogP contribution in [0.1, 0.15) is 62.4 Å². The maximum Gasteiger partial charge on any atom is 0.339 e. The van der Waals surface area contributed by atoms with Crippen LogP contribution >= 0.6 is 0 Å². The Bertz CT molecular complexity index is 765. The van der Waals surface area contributed by atoms with E-state index in [2.05, 4.69) is 32.9 Å². The van der Waals surface area contributed by atoms with E-state index in [-0.39, 0.29) is 23.3 Å². The van der Waals surface area contributed by atoms with Gasteiger partial charge in [0.25, 0.3) is 0 Å². The number of carboxylic acid groups (broad SMARTS) is 1. The van der Waals surface area contributed by atoms with Gasteiger partial charge in [0.2, 0.25) is 0 Å². The molecule has 0 bridgehead atoms. The van der Waals surface area contributed by atoms with Gasteiger partial charge in [-0.2, -0.15) is 0 Å². The third-order valence-electron chi connectivity index (χ3n) is 4.86. The Balaban J connectivity index is 1.80. The highest BCUT2D eigenvalue weighted by Crippen LogP contribution is 2.30. The normalized spacial score (nSPS) is 11.2. The monoisotopic (exact) mass is 386 g/mol. The number of rotatable bonds is 11. The van der Waals surface area contributed by atoms with Crippen LogP contribution in [0.15, 0.2) is 42.5 Å². The minimum Gasteiger partial charge on any atom is -0.507 e. The van der Waals surface area contributed by atoms with Crippen molar-refractivity contribution < 1.29 is 24.5 Å². The maximum atomic E-state index is 10.9. The zero-order chi connectivity index (χ0) is 20.6. The van der Waals surface area contributed by atoms with Crippen LogP contribution in [-0.4, -0.2) is 29.4 Å². The molecule has 2 aromatic carbocycles. The van der Waals surface area contributed by atoms with Crippen molar-refractivity contribution in [3.8, 4) is 17.2 Å². The van der Waals surface area contributed by atoms with Crippen molar-refractivity contribution in [2.75, 3.05) is 13.2 Å². The van der Waals surface area contributed by atoms with Gasteiger partial charge in [0.15, 0.2) is 0 Å². The predicted molar refractivity (Wildman–Crippen MR) is 110 cm³/mol. The number of carboxylic acids is 1. The lowest BCUT2D eigenvalue weighted by Crippen LogP contribution is -2.17. The smallest absolute Gasteiger partial charge is 0.339 e. The zero-order valence-corrected chi connectivity index (χ0v) is 16.9. The molecule has 0 saturated heterocycles. The van der Waals surface area contributed by atoms with E-state index in [1.807, 2.05) is 12.1 Å². The van der Waals surface area contributed by atoms with Crippen LogP contribution in [0.3, 0.4) is 0 Å². The molecule has 0 aromatic heterocycles. The number of phenols is 1. The molecule has 0 fully saturated rings. The van der Waals surface area contributed by atoms with Crippen LogP contribution in [0.2, 0.25) is 0 Å². The van der Waals surface area contributed by atoms with Crippen molar-refractivity contribution in [1.82, 2.24) is 0 Å². The predicted octanol–water partition coefficient (Wildman–Crippen LogP) is 5.41. The molecule has 28 heavy (non-hydrogen) atoms. The van der Waals surface area contributed by atoms with Gasteiger partial charge in [0.1, 0.15) is 36.0 Å². The van der Waals surface area contributed by atoms with Gasteiger partial charge in [-0.25, -0.2) is 4.79 Å². The summed E-state index contributed by atoms with van der Waals surface area (Å²) in [6.07, 6.45) is 4.90. The molecule has 5 nitrogen and oxygen atoms in total. The highest BCUT2D eigenvalue weighted by molar-refractivity contribution is 5.90. The van der Waals surface area contributed by atoms with Crippen LogP contribution < -0.4 is 9.47 Å². The first kappa shape index (κ1) is 21.6. The summed E-state index contributed by atoms with van der Waals surface area (Å²) in [5.41, 5.74) is 1.31. The van der Waals surface area contributed by atoms with E-state index in [1.165, 1.54) is 49.4 Å². The van der Waals surface area contributed by atoms with E-state index in [0.29, 0.717) is 12.4 Å². The van der Waals surface area contributed by atoms with Crippen molar-refractivity contribution in [1.29, 1.82) is 0 Å². The number of benzene rings is 2. The SMILES string of the molecule is CCCCCC(C)(C)c1ccc(OCCOc2ccc(C(=O)O)c(O)c2)cc1. The van der Waals surface area contributed by atoms with E-state index < -0.39 is 5.97 Å². The standard InChI is InChI=1S/C23H30O5/c1-4-5-6-13-23(2,3)17-7-9-18(10-8-17)27-14-15-28-19-11-12-20(22(25)26)21(24)16-19/h7-12,16,24H,4-6,13-15H2,1-3H3,(H,25,26). The Kier molecular flexibility index (Phi) is 7.73. The fourth-order valence-corrected chi connectivity index (χ4v) is 3.06. The van der Waals surface area contributed by atoms with Crippen LogP contribution in [0, 0.1) is 0 Å². The number of aromatic hydroxyl groups is 1. The Morgan fingerprint density at radius 3 is 2.14 bits per heavy atom. The van der Waals surface area contributed by atoms with Gasteiger partial charge in [-0.1, -0.05) is 52.2 Å². The largest absolute Gasteiger partial charge is 0.507 e. The van der Waals surface area contributed by atoms with E-state index in [4.69, 9.17) is 14.6 Å². The Labute approximate surface area is 166 Å². The molecule has 0 heterocycles. The van der Waals surface area contributed by atoms with Gasteiger partial charge in [-0.3, -0.25) is 0 Å². The van der Waals surface area contributed by atoms with Gasteiger partial charge in [0, 0.05) is 6.07 Å². The van der Waals surface area contributed by atoms with E-state index in [0.717, 1.165) is 5.75 Å². The molecule has 0 aliphatic heterocycles. The fraction of sp³-hybridized carbons (Fsp3) is 0.435. The minimum absolute atomic E-state index is 0.152. The van der Waals surface area contributed by atoms with Crippen molar-refractivity contribution in [2.45, 2.75) is 51.9 Å². The van der Waals surface area contributed by atoms with Gasteiger partial charge in [-0.15, -0.1) is 0 Å². The summed E-state index contributed by atoms with van der Waals surface area (Å²) < 4.78 is 11.2. The van der Waals surface area contributed by atoms with E-state index in [9.17, 15) is 9.90 Å². The average Bonchev–Trinajstić information content (AvgIpc) is 2.65. The molecule has 0 spiro atoms. The van der Waals surface area contributed by atoms with E-state index in [1.54, 1.807) is 0 Å². The number of carbonyl (C=O) groups is 1. The molecule has 0 aliphatic rings. The van der Waals surface area contributed by atoms with E-state index >= 15 is 0 Å². The molecule has 2 N–H and O–H groups in total. The lowest BCUT2D eigenvalue weighted by Gasteiger charge is -2.25. The second-order valence-electron chi connectivity index (χ2n) is 7.55. The fourth-order valence-electron chi connectivity index (χ4n) is 3.06. The molecule has 2 aromatic rings. The van der Waals surface area contributed by atoms with Gasteiger partial charge in [0.05, 0.1) is 0 Å². The second kappa shape index (κ2) is 10.0. The summed E-state index contributed by atoms with van der Waals surface area (Å²) in [6, 6.07) is 12.3. The molecule has 0 amide bonds. The number of hydrogen-bond donors (Lipinski definition) is 2. The second-order valence-corrected chi connectivity index (χ2v) is 7.55. The van der Waals surface area contributed by atoms with Crippen LogP contribution in [0.4, 0.5) is 0 Å². The third-order valence-corrected chi connectivity index (χ3v) is 4.86.